The zero-order valence-corrected chi connectivity index (χ0v) is 18.3. The first-order valence-electron chi connectivity index (χ1n) is 9.95. The Hall–Kier alpha value is -1.74. The number of rotatable bonds is 4. The molecule has 3 heterocycles. The number of amides is 1. The molecule has 2 aliphatic heterocycles. The summed E-state index contributed by atoms with van der Waals surface area (Å²) in [6.45, 7) is 5.15. The minimum Gasteiger partial charge on any atom is -0.373 e. The summed E-state index contributed by atoms with van der Waals surface area (Å²) in [5.74, 6) is -0.0451. The van der Waals surface area contributed by atoms with E-state index < -0.39 is 10.0 Å². The van der Waals surface area contributed by atoms with Crippen molar-refractivity contribution in [2.24, 2.45) is 0 Å². The number of carbonyl (C=O) groups is 1. The molecule has 0 saturated carbocycles. The lowest BCUT2D eigenvalue weighted by atomic mass is 10.1. The van der Waals surface area contributed by atoms with E-state index in [2.05, 4.69) is 11.4 Å². The van der Waals surface area contributed by atoms with Gasteiger partial charge in [-0.25, -0.2) is 8.42 Å². The summed E-state index contributed by atoms with van der Waals surface area (Å²) in [6, 6.07) is 8.53. The second-order valence-electron chi connectivity index (χ2n) is 7.82. The molecule has 1 aromatic carbocycles. The van der Waals surface area contributed by atoms with E-state index in [4.69, 9.17) is 4.74 Å². The molecule has 2 fully saturated rings. The molecule has 2 aromatic rings. The average molecular weight is 435 g/mol. The Kier molecular flexibility index (Phi) is 5.79. The first-order chi connectivity index (χ1) is 13.9. The molecule has 2 saturated heterocycles. The fourth-order valence-electron chi connectivity index (χ4n) is 4.23. The molecule has 2 aliphatic rings. The van der Waals surface area contributed by atoms with E-state index in [1.807, 2.05) is 24.1 Å². The third-order valence-corrected chi connectivity index (χ3v) is 8.11. The van der Waals surface area contributed by atoms with Crippen LogP contribution in [0.2, 0.25) is 0 Å². The van der Waals surface area contributed by atoms with Gasteiger partial charge in [0.2, 0.25) is 10.0 Å². The van der Waals surface area contributed by atoms with E-state index in [1.54, 1.807) is 35.6 Å². The third kappa shape index (κ3) is 4.12. The van der Waals surface area contributed by atoms with Gasteiger partial charge in [0.05, 0.1) is 23.1 Å². The third-order valence-electron chi connectivity index (χ3n) is 5.57. The van der Waals surface area contributed by atoms with Crippen molar-refractivity contribution < 1.29 is 17.9 Å². The molecule has 156 valence electrons. The van der Waals surface area contributed by atoms with E-state index in [-0.39, 0.29) is 29.1 Å². The summed E-state index contributed by atoms with van der Waals surface area (Å²) >= 11 is 1.64. The van der Waals surface area contributed by atoms with Crippen LogP contribution in [0.15, 0.2) is 46.0 Å². The lowest BCUT2D eigenvalue weighted by Crippen LogP contribution is -2.48. The van der Waals surface area contributed by atoms with Crippen molar-refractivity contribution >= 4 is 27.3 Å². The molecule has 3 atom stereocenters. The second kappa shape index (κ2) is 8.18. The Balaban J connectivity index is 1.52. The van der Waals surface area contributed by atoms with Gasteiger partial charge in [-0.3, -0.25) is 4.79 Å². The van der Waals surface area contributed by atoms with Gasteiger partial charge in [-0.15, -0.1) is 0 Å². The quantitative estimate of drug-likeness (QED) is 0.738. The molecule has 29 heavy (non-hydrogen) atoms. The van der Waals surface area contributed by atoms with E-state index in [1.165, 1.54) is 9.87 Å². The molecule has 0 N–H and O–H groups in total. The molecule has 1 amide bonds. The highest BCUT2D eigenvalue weighted by Gasteiger charge is 2.33. The number of thiophene rings is 1. The molecular formula is C21H26N2O4S2. The number of hydrogen-bond donors (Lipinski definition) is 0. The molecular weight excluding hydrogens is 408 g/mol. The lowest BCUT2D eigenvalue weighted by Gasteiger charge is -2.34. The monoisotopic (exact) mass is 434 g/mol. The van der Waals surface area contributed by atoms with Crippen molar-refractivity contribution in [3.63, 3.8) is 0 Å². The van der Waals surface area contributed by atoms with Gasteiger partial charge in [0.1, 0.15) is 0 Å². The minimum atomic E-state index is -3.61. The normalized spacial score (nSPS) is 26.0. The molecule has 0 aliphatic carbocycles. The molecule has 3 unspecified atom stereocenters. The van der Waals surface area contributed by atoms with Crippen LogP contribution < -0.4 is 0 Å². The van der Waals surface area contributed by atoms with Crippen LogP contribution in [0.4, 0.5) is 0 Å². The predicted molar refractivity (Wildman–Crippen MR) is 113 cm³/mol. The number of carbonyl (C=O) groups excluding carboxylic acids is 1. The van der Waals surface area contributed by atoms with Crippen LogP contribution in [-0.2, 0) is 14.8 Å². The van der Waals surface area contributed by atoms with Crippen LogP contribution in [0.1, 0.15) is 48.7 Å². The molecule has 8 heteroatoms. The number of hydrogen-bond acceptors (Lipinski definition) is 5. The fraction of sp³-hybridized carbons (Fsp3) is 0.476. The Bertz CT molecular complexity index is 947. The first-order valence-corrected chi connectivity index (χ1v) is 12.3. The van der Waals surface area contributed by atoms with Crippen LogP contribution in [-0.4, -0.2) is 55.4 Å². The van der Waals surface area contributed by atoms with Gasteiger partial charge in [-0.2, -0.15) is 15.6 Å². The number of morpholine rings is 1. The maximum atomic E-state index is 13.1. The maximum Gasteiger partial charge on any atom is 0.254 e. The van der Waals surface area contributed by atoms with Crippen LogP contribution >= 0.6 is 11.3 Å². The van der Waals surface area contributed by atoms with Gasteiger partial charge >= 0.3 is 0 Å². The minimum absolute atomic E-state index is 0.0451. The standard InChI is InChI=1S/C21H26N2O4S2/c1-15-12-22(13-16(2)27-15)29(25,26)19-7-5-17(6-8-19)21(24)23-10-3-4-20(23)18-9-11-28-14-18/h5-9,11,14-16,20H,3-4,10,12-13H2,1-2H3. The smallest absolute Gasteiger partial charge is 0.254 e. The van der Waals surface area contributed by atoms with Crippen molar-refractivity contribution in [2.75, 3.05) is 19.6 Å². The Morgan fingerprint density at radius 2 is 1.79 bits per heavy atom. The highest BCUT2D eigenvalue weighted by molar-refractivity contribution is 7.89. The lowest BCUT2D eigenvalue weighted by molar-refractivity contribution is -0.0440. The van der Waals surface area contributed by atoms with Gasteiger partial charge in [-0.05, 0) is 73.3 Å². The molecule has 1 aromatic heterocycles. The SMILES string of the molecule is CC1CN(S(=O)(=O)c2ccc(C(=O)N3CCCC3c3ccsc3)cc2)CC(C)O1. The molecule has 0 spiro atoms. The van der Waals surface area contributed by atoms with Crippen LogP contribution in [0.3, 0.4) is 0 Å². The van der Waals surface area contributed by atoms with E-state index in [9.17, 15) is 13.2 Å². The second-order valence-corrected chi connectivity index (χ2v) is 10.5. The van der Waals surface area contributed by atoms with Gasteiger partial charge in [0.25, 0.3) is 5.91 Å². The zero-order chi connectivity index (χ0) is 20.6. The van der Waals surface area contributed by atoms with Crippen molar-refractivity contribution in [3.05, 3.63) is 52.2 Å². The van der Waals surface area contributed by atoms with Crippen molar-refractivity contribution in [1.82, 2.24) is 9.21 Å². The largest absolute Gasteiger partial charge is 0.373 e. The number of benzene rings is 1. The van der Waals surface area contributed by atoms with Gasteiger partial charge < -0.3 is 9.64 Å². The number of sulfonamides is 1. The Labute approximate surface area is 176 Å². The van der Waals surface area contributed by atoms with Crippen LogP contribution in [0.5, 0.6) is 0 Å². The van der Waals surface area contributed by atoms with Crippen molar-refractivity contribution in [1.29, 1.82) is 0 Å². The van der Waals surface area contributed by atoms with Gasteiger partial charge in [0.15, 0.2) is 0 Å². The summed E-state index contributed by atoms with van der Waals surface area (Å²) in [6.07, 6.45) is 1.66. The van der Waals surface area contributed by atoms with E-state index in [0.717, 1.165) is 19.4 Å². The summed E-state index contributed by atoms with van der Waals surface area (Å²) in [5.41, 5.74) is 1.70. The molecule has 6 nitrogen and oxygen atoms in total. The highest BCUT2D eigenvalue weighted by Crippen LogP contribution is 2.34. The summed E-state index contributed by atoms with van der Waals surface area (Å²) in [7, 11) is -3.61. The summed E-state index contributed by atoms with van der Waals surface area (Å²) in [4.78, 5) is 15.2. The fourth-order valence-corrected chi connectivity index (χ4v) is 6.53. The summed E-state index contributed by atoms with van der Waals surface area (Å²) in [5, 5.41) is 4.12. The van der Waals surface area contributed by atoms with Crippen LogP contribution in [0.25, 0.3) is 0 Å². The topological polar surface area (TPSA) is 66.9 Å². The van der Waals surface area contributed by atoms with Gasteiger partial charge in [-0.1, -0.05) is 0 Å². The summed E-state index contributed by atoms with van der Waals surface area (Å²) < 4.78 is 33.1. The molecule has 0 radical (unpaired) electrons. The molecule has 4 rings (SSSR count). The Morgan fingerprint density at radius 1 is 1.10 bits per heavy atom. The van der Waals surface area contributed by atoms with Crippen molar-refractivity contribution in [3.8, 4) is 0 Å². The number of likely N-dealkylation sites (tertiary alicyclic amines) is 1. The average Bonchev–Trinajstić information content (AvgIpc) is 3.38. The van der Waals surface area contributed by atoms with Crippen molar-refractivity contribution in [2.45, 2.75) is 49.8 Å². The Morgan fingerprint density at radius 3 is 2.41 bits per heavy atom. The number of ether oxygens (including phenoxy) is 1. The maximum absolute atomic E-state index is 13.1. The van der Waals surface area contributed by atoms with E-state index >= 15 is 0 Å². The highest BCUT2D eigenvalue weighted by atomic mass is 32.2. The molecule has 0 bridgehead atoms. The van der Waals surface area contributed by atoms with Gasteiger partial charge in [0, 0.05) is 25.2 Å². The van der Waals surface area contributed by atoms with Crippen LogP contribution in [0, 0.1) is 0 Å². The first kappa shape index (κ1) is 20.5. The number of nitrogens with zero attached hydrogens (tertiary/aromatic N) is 2. The zero-order valence-electron chi connectivity index (χ0n) is 16.7. The van der Waals surface area contributed by atoms with E-state index in [0.29, 0.717) is 18.7 Å². The predicted octanol–water partition coefficient (Wildman–Crippen LogP) is 3.52.